The van der Waals surface area contributed by atoms with E-state index in [4.69, 9.17) is 4.74 Å². The molecule has 0 bridgehead atoms. The molecule has 0 amide bonds. The Kier molecular flexibility index (Phi) is 4.50. The third-order valence-electron chi connectivity index (χ3n) is 3.50. The van der Waals surface area contributed by atoms with Crippen molar-refractivity contribution in [2.75, 3.05) is 13.4 Å². The molecule has 112 valence electrons. The summed E-state index contributed by atoms with van der Waals surface area (Å²) in [7, 11) is 1.69. The molecule has 0 spiro atoms. The first kappa shape index (κ1) is 15.1. The summed E-state index contributed by atoms with van der Waals surface area (Å²) in [4.78, 5) is 1.27. The molecule has 0 aliphatic heterocycles. The highest BCUT2D eigenvalue weighted by Gasteiger charge is 2.15. The first-order chi connectivity index (χ1) is 10.7. The highest BCUT2D eigenvalue weighted by Crippen LogP contribution is 2.21. The Morgan fingerprint density at radius 2 is 1.95 bits per heavy atom. The fourth-order valence-corrected chi connectivity index (χ4v) is 4.07. The zero-order valence-corrected chi connectivity index (χ0v) is 14.5. The van der Waals surface area contributed by atoms with Gasteiger partial charge in [-0.05, 0) is 29.5 Å². The van der Waals surface area contributed by atoms with Gasteiger partial charge in [-0.25, -0.2) is 0 Å². The summed E-state index contributed by atoms with van der Waals surface area (Å²) in [5.74, 6) is 0.881. The van der Waals surface area contributed by atoms with Crippen molar-refractivity contribution >= 4 is 40.1 Å². The molecular formula is C18H18NOS2+. The SMILES string of the molecule is COc1cccc(/C=C/c2cc(SC)[n+]3c(C)csc3c2)c1. The summed E-state index contributed by atoms with van der Waals surface area (Å²) in [5, 5.41) is 3.46. The molecule has 0 fully saturated rings. The fourth-order valence-electron chi connectivity index (χ4n) is 2.38. The number of thioether (sulfide) groups is 1. The summed E-state index contributed by atoms with van der Waals surface area (Å²) in [6, 6.07) is 12.5. The van der Waals surface area contributed by atoms with E-state index in [1.54, 1.807) is 30.2 Å². The number of pyridine rings is 1. The van der Waals surface area contributed by atoms with E-state index in [1.807, 2.05) is 18.2 Å². The van der Waals surface area contributed by atoms with E-state index in [9.17, 15) is 0 Å². The summed E-state index contributed by atoms with van der Waals surface area (Å²) >= 11 is 3.56. The molecule has 2 heterocycles. The maximum Gasteiger partial charge on any atom is 0.268 e. The van der Waals surface area contributed by atoms with Crippen molar-refractivity contribution in [1.82, 2.24) is 0 Å². The Bertz CT molecular complexity index is 836. The van der Waals surface area contributed by atoms with Gasteiger partial charge in [0.05, 0.1) is 12.5 Å². The van der Waals surface area contributed by atoms with Crippen molar-refractivity contribution in [3.05, 3.63) is 58.6 Å². The van der Waals surface area contributed by atoms with Gasteiger partial charge < -0.3 is 4.74 Å². The number of nitrogens with zero attached hydrogens (tertiary/aromatic N) is 1. The van der Waals surface area contributed by atoms with Crippen LogP contribution in [0.15, 0.2) is 46.8 Å². The molecule has 22 heavy (non-hydrogen) atoms. The van der Waals surface area contributed by atoms with Crippen molar-refractivity contribution in [2.24, 2.45) is 0 Å². The van der Waals surface area contributed by atoms with Gasteiger partial charge in [0.1, 0.15) is 5.75 Å². The van der Waals surface area contributed by atoms with E-state index >= 15 is 0 Å². The minimum atomic E-state index is 0.881. The average molecular weight is 328 g/mol. The number of hydrogen-bond acceptors (Lipinski definition) is 3. The van der Waals surface area contributed by atoms with E-state index in [0.717, 1.165) is 11.3 Å². The van der Waals surface area contributed by atoms with Crippen LogP contribution >= 0.6 is 23.1 Å². The summed E-state index contributed by atoms with van der Waals surface area (Å²) < 4.78 is 7.57. The van der Waals surface area contributed by atoms with E-state index in [-0.39, 0.29) is 0 Å². The number of aryl methyl sites for hydroxylation is 1. The Morgan fingerprint density at radius 3 is 2.73 bits per heavy atom. The number of rotatable bonds is 4. The molecule has 4 heteroatoms. The first-order valence-corrected chi connectivity index (χ1v) is 9.12. The van der Waals surface area contributed by atoms with Gasteiger partial charge in [-0.1, -0.05) is 47.4 Å². The van der Waals surface area contributed by atoms with Gasteiger partial charge in [-0.3, -0.25) is 0 Å². The van der Waals surface area contributed by atoms with Gasteiger partial charge in [-0.15, -0.1) is 4.40 Å². The number of aromatic nitrogens is 1. The molecule has 2 nitrogen and oxygen atoms in total. The van der Waals surface area contributed by atoms with E-state index in [2.05, 4.69) is 53.3 Å². The minimum absolute atomic E-state index is 0.881. The van der Waals surface area contributed by atoms with Crippen LogP contribution in [0.1, 0.15) is 16.8 Å². The van der Waals surface area contributed by atoms with E-state index in [0.29, 0.717) is 0 Å². The smallest absolute Gasteiger partial charge is 0.268 e. The molecule has 0 saturated carbocycles. The molecule has 3 aromatic rings. The van der Waals surface area contributed by atoms with Gasteiger partial charge in [0.2, 0.25) is 5.03 Å². The van der Waals surface area contributed by atoms with Gasteiger partial charge >= 0.3 is 0 Å². The molecule has 0 aliphatic carbocycles. The third kappa shape index (κ3) is 3.03. The standard InChI is InChI=1S/C18H18NOS2/c1-13-12-22-18-11-15(10-17(21-3)19(13)18)8-7-14-5-4-6-16(9-14)20-2/h4-12H,1-3H3/q+1/b8-7+. The zero-order chi connectivity index (χ0) is 15.5. The molecular weight excluding hydrogens is 310 g/mol. The van der Waals surface area contributed by atoms with Crippen LogP contribution in [0, 0.1) is 6.92 Å². The predicted molar refractivity (Wildman–Crippen MR) is 95.9 cm³/mol. The number of ether oxygens (including phenoxy) is 1. The molecule has 0 atom stereocenters. The van der Waals surface area contributed by atoms with Crippen LogP contribution in [0.5, 0.6) is 5.75 Å². The van der Waals surface area contributed by atoms with E-state index in [1.165, 1.54) is 21.1 Å². The summed E-state index contributed by atoms with van der Waals surface area (Å²) in [5.41, 5.74) is 3.64. The Labute approximate surface area is 139 Å². The lowest BCUT2D eigenvalue weighted by Crippen LogP contribution is -2.25. The number of fused-ring (bicyclic) bond motifs is 1. The van der Waals surface area contributed by atoms with Crippen LogP contribution in [0.2, 0.25) is 0 Å². The van der Waals surface area contributed by atoms with Gasteiger partial charge in [0.25, 0.3) is 4.83 Å². The molecule has 0 aliphatic rings. The highest BCUT2D eigenvalue weighted by atomic mass is 32.2. The van der Waals surface area contributed by atoms with Gasteiger partial charge in [0.15, 0.2) is 5.69 Å². The van der Waals surface area contributed by atoms with Crippen molar-refractivity contribution < 1.29 is 9.14 Å². The van der Waals surface area contributed by atoms with E-state index < -0.39 is 0 Å². The first-order valence-electron chi connectivity index (χ1n) is 7.01. The third-order valence-corrected chi connectivity index (χ3v) is 5.21. The van der Waals surface area contributed by atoms with Gasteiger partial charge in [0, 0.05) is 19.1 Å². The Morgan fingerprint density at radius 1 is 1.14 bits per heavy atom. The molecule has 0 radical (unpaired) electrons. The molecule has 0 N–H and O–H groups in total. The molecule has 2 aromatic heterocycles. The Hall–Kier alpha value is -1.78. The maximum atomic E-state index is 5.26. The zero-order valence-electron chi connectivity index (χ0n) is 12.9. The number of hydrogen-bond donors (Lipinski definition) is 0. The Balaban J connectivity index is 1.98. The lowest BCUT2D eigenvalue weighted by Gasteiger charge is -2.00. The lowest BCUT2D eigenvalue weighted by atomic mass is 10.1. The normalized spacial score (nSPS) is 11.4. The predicted octanol–water partition coefficient (Wildman–Crippen LogP) is 4.70. The van der Waals surface area contributed by atoms with Crippen LogP contribution in [-0.2, 0) is 0 Å². The van der Waals surface area contributed by atoms with Crippen molar-refractivity contribution in [2.45, 2.75) is 11.9 Å². The molecule has 0 saturated heterocycles. The lowest BCUT2D eigenvalue weighted by molar-refractivity contribution is -0.558. The summed E-state index contributed by atoms with van der Waals surface area (Å²) in [6.45, 7) is 2.15. The molecule has 0 unspecified atom stereocenters. The van der Waals surface area contributed by atoms with Crippen LogP contribution in [-0.4, -0.2) is 13.4 Å². The summed E-state index contributed by atoms with van der Waals surface area (Å²) in [6.07, 6.45) is 6.40. The van der Waals surface area contributed by atoms with Crippen LogP contribution in [0.25, 0.3) is 17.0 Å². The minimum Gasteiger partial charge on any atom is -0.497 e. The number of thiazole rings is 1. The fraction of sp³-hybridized carbons (Fsp3) is 0.167. The second-order valence-electron chi connectivity index (χ2n) is 4.99. The van der Waals surface area contributed by atoms with Crippen LogP contribution in [0.4, 0.5) is 0 Å². The average Bonchev–Trinajstić information content (AvgIpc) is 2.93. The van der Waals surface area contributed by atoms with Crippen molar-refractivity contribution in [1.29, 1.82) is 0 Å². The maximum absolute atomic E-state index is 5.26. The monoisotopic (exact) mass is 328 g/mol. The van der Waals surface area contributed by atoms with Crippen molar-refractivity contribution in [3.63, 3.8) is 0 Å². The quantitative estimate of drug-likeness (QED) is 0.509. The number of benzene rings is 1. The second kappa shape index (κ2) is 6.55. The molecule has 1 aromatic carbocycles. The largest absolute Gasteiger partial charge is 0.497 e. The van der Waals surface area contributed by atoms with Gasteiger partial charge in [-0.2, -0.15) is 0 Å². The highest BCUT2D eigenvalue weighted by molar-refractivity contribution is 7.98. The topological polar surface area (TPSA) is 13.3 Å². The van der Waals surface area contributed by atoms with Crippen LogP contribution in [0.3, 0.4) is 0 Å². The number of methoxy groups -OCH3 is 1. The van der Waals surface area contributed by atoms with Crippen molar-refractivity contribution in [3.8, 4) is 5.75 Å². The van der Waals surface area contributed by atoms with Crippen LogP contribution < -0.4 is 9.14 Å². The molecule has 3 rings (SSSR count). The second-order valence-corrected chi connectivity index (χ2v) is 6.71.